The number of hydrogen-bond donors (Lipinski definition) is 2. The molecule has 5 nitrogen and oxygen atoms in total. The van der Waals surface area contributed by atoms with E-state index >= 15 is 0 Å². The maximum absolute atomic E-state index is 5.27. The van der Waals surface area contributed by atoms with Crippen molar-refractivity contribution in [2.75, 3.05) is 6.79 Å². The van der Waals surface area contributed by atoms with Gasteiger partial charge in [-0.15, -0.1) is 0 Å². The second-order valence-corrected chi connectivity index (χ2v) is 3.47. The van der Waals surface area contributed by atoms with Gasteiger partial charge in [0.1, 0.15) is 0 Å². The molecule has 0 bridgehead atoms. The Morgan fingerprint density at radius 2 is 2.07 bits per heavy atom. The van der Waals surface area contributed by atoms with Gasteiger partial charge in [0, 0.05) is 5.56 Å². The summed E-state index contributed by atoms with van der Waals surface area (Å²) in [4.78, 5) is 4.11. The molecule has 0 radical (unpaired) electrons. The van der Waals surface area contributed by atoms with E-state index in [4.69, 9.17) is 21.7 Å². The molecule has 0 saturated carbocycles. The summed E-state index contributed by atoms with van der Waals surface area (Å²) in [5, 5.41) is 5.62. The highest BCUT2D eigenvalue weighted by Crippen LogP contribution is 2.34. The van der Waals surface area contributed by atoms with Crippen molar-refractivity contribution >= 4 is 12.2 Å². The van der Waals surface area contributed by atoms with Crippen LogP contribution in [0.25, 0.3) is 11.4 Å². The Morgan fingerprint density at radius 3 is 2.87 bits per heavy atom. The molecule has 0 amide bonds. The predicted molar refractivity (Wildman–Crippen MR) is 55.3 cm³/mol. The monoisotopic (exact) mass is 221 g/mol. The standard InChI is InChI=1S/C9H7N3O2S/c15-9-10-8(11-12-9)5-1-2-6-7(3-5)14-4-13-6/h1-3H,4H2,(H2,10,11,12,15). The Balaban J connectivity index is 2.10. The van der Waals surface area contributed by atoms with Crippen LogP contribution in [0.1, 0.15) is 0 Å². The van der Waals surface area contributed by atoms with Gasteiger partial charge in [0.05, 0.1) is 0 Å². The minimum absolute atomic E-state index is 0.273. The van der Waals surface area contributed by atoms with Gasteiger partial charge in [-0.3, -0.25) is 10.2 Å². The lowest BCUT2D eigenvalue weighted by molar-refractivity contribution is 0.174. The summed E-state index contributed by atoms with van der Waals surface area (Å²) in [6.45, 7) is 0.273. The smallest absolute Gasteiger partial charge is 0.231 e. The van der Waals surface area contributed by atoms with E-state index in [1.807, 2.05) is 18.2 Å². The van der Waals surface area contributed by atoms with Crippen LogP contribution in [-0.4, -0.2) is 22.0 Å². The van der Waals surface area contributed by atoms with Crippen molar-refractivity contribution in [1.29, 1.82) is 0 Å². The third kappa shape index (κ3) is 1.39. The minimum atomic E-state index is 0.273. The molecule has 15 heavy (non-hydrogen) atoms. The number of nitrogens with one attached hydrogen (secondary N) is 2. The number of nitrogens with zero attached hydrogens (tertiary/aromatic N) is 1. The molecule has 1 aromatic heterocycles. The zero-order chi connectivity index (χ0) is 10.3. The third-order valence-corrected chi connectivity index (χ3v) is 2.34. The topological polar surface area (TPSA) is 62.9 Å². The lowest BCUT2D eigenvalue weighted by atomic mass is 10.2. The average Bonchev–Trinajstić information content (AvgIpc) is 2.84. The van der Waals surface area contributed by atoms with Crippen LogP contribution in [0.5, 0.6) is 11.5 Å². The third-order valence-electron chi connectivity index (χ3n) is 2.15. The van der Waals surface area contributed by atoms with Crippen molar-refractivity contribution in [3.05, 3.63) is 23.0 Å². The van der Waals surface area contributed by atoms with E-state index in [-0.39, 0.29) is 6.79 Å². The molecule has 2 heterocycles. The summed E-state index contributed by atoms with van der Waals surface area (Å²) >= 11 is 4.88. The molecular formula is C9H7N3O2S. The van der Waals surface area contributed by atoms with Gasteiger partial charge >= 0.3 is 0 Å². The predicted octanol–water partition coefficient (Wildman–Crippen LogP) is 1.86. The largest absolute Gasteiger partial charge is 0.454 e. The Hall–Kier alpha value is -1.82. The van der Waals surface area contributed by atoms with Gasteiger partial charge in [0.15, 0.2) is 17.3 Å². The van der Waals surface area contributed by atoms with Crippen LogP contribution >= 0.6 is 12.2 Å². The number of fused-ring (bicyclic) bond motifs is 1. The SMILES string of the molecule is S=c1nc(-c2ccc3c(c2)OCO3)[nH][nH]1. The van der Waals surface area contributed by atoms with E-state index in [1.165, 1.54) is 0 Å². The summed E-state index contributed by atoms with van der Waals surface area (Å²) < 4.78 is 10.9. The molecule has 2 aromatic rings. The number of benzene rings is 1. The number of ether oxygens (including phenoxy) is 2. The first-order chi connectivity index (χ1) is 7.33. The first-order valence-corrected chi connectivity index (χ1v) is 4.78. The molecule has 3 rings (SSSR count). The van der Waals surface area contributed by atoms with Crippen LogP contribution in [0.2, 0.25) is 0 Å². The van der Waals surface area contributed by atoms with Crippen molar-refractivity contribution in [2.45, 2.75) is 0 Å². The fraction of sp³-hybridized carbons (Fsp3) is 0.111. The zero-order valence-electron chi connectivity index (χ0n) is 7.61. The minimum Gasteiger partial charge on any atom is -0.454 e. The molecule has 0 aliphatic carbocycles. The summed E-state index contributed by atoms with van der Waals surface area (Å²) in [6, 6.07) is 5.61. The van der Waals surface area contributed by atoms with E-state index in [0.717, 1.165) is 17.1 Å². The molecule has 1 aromatic carbocycles. The summed E-state index contributed by atoms with van der Waals surface area (Å²) in [7, 11) is 0. The Labute approximate surface area is 90.1 Å². The van der Waals surface area contributed by atoms with Crippen molar-refractivity contribution in [1.82, 2.24) is 15.2 Å². The number of aromatic amines is 2. The van der Waals surface area contributed by atoms with Gasteiger partial charge in [0.25, 0.3) is 0 Å². The lowest BCUT2D eigenvalue weighted by Gasteiger charge is -1.98. The van der Waals surface area contributed by atoms with Crippen LogP contribution in [0.4, 0.5) is 0 Å². The number of hydrogen-bond acceptors (Lipinski definition) is 4. The average molecular weight is 221 g/mol. The van der Waals surface area contributed by atoms with Gasteiger partial charge in [-0.1, -0.05) is 0 Å². The molecule has 2 N–H and O–H groups in total. The van der Waals surface area contributed by atoms with E-state index in [0.29, 0.717) is 10.6 Å². The maximum Gasteiger partial charge on any atom is 0.231 e. The highest BCUT2D eigenvalue weighted by molar-refractivity contribution is 7.71. The summed E-state index contributed by atoms with van der Waals surface area (Å²) in [5.74, 6) is 2.18. The number of aromatic nitrogens is 3. The second kappa shape index (κ2) is 3.09. The van der Waals surface area contributed by atoms with Gasteiger partial charge in [-0.2, -0.15) is 4.98 Å². The normalized spacial score (nSPS) is 13.1. The number of rotatable bonds is 1. The van der Waals surface area contributed by atoms with Crippen molar-refractivity contribution < 1.29 is 9.47 Å². The van der Waals surface area contributed by atoms with Crippen LogP contribution < -0.4 is 9.47 Å². The summed E-state index contributed by atoms with van der Waals surface area (Å²) in [6.07, 6.45) is 0. The van der Waals surface area contributed by atoms with Crippen molar-refractivity contribution in [3.8, 4) is 22.9 Å². The van der Waals surface area contributed by atoms with E-state index < -0.39 is 0 Å². The van der Waals surface area contributed by atoms with E-state index in [9.17, 15) is 0 Å². The fourth-order valence-electron chi connectivity index (χ4n) is 1.45. The highest BCUT2D eigenvalue weighted by atomic mass is 32.1. The van der Waals surface area contributed by atoms with Crippen molar-refractivity contribution in [2.24, 2.45) is 0 Å². The first-order valence-electron chi connectivity index (χ1n) is 4.37. The Morgan fingerprint density at radius 1 is 1.20 bits per heavy atom. The van der Waals surface area contributed by atoms with Gasteiger partial charge < -0.3 is 9.47 Å². The molecule has 1 aliphatic rings. The Bertz CT molecular complexity index is 560. The van der Waals surface area contributed by atoms with Gasteiger partial charge in [0.2, 0.25) is 11.6 Å². The molecule has 0 unspecified atom stereocenters. The number of H-pyrrole nitrogens is 2. The summed E-state index contributed by atoms with van der Waals surface area (Å²) in [5.41, 5.74) is 0.909. The molecule has 0 spiro atoms. The molecule has 6 heteroatoms. The Kier molecular flexibility index (Phi) is 1.75. The quantitative estimate of drug-likeness (QED) is 0.721. The zero-order valence-corrected chi connectivity index (χ0v) is 8.43. The maximum atomic E-state index is 5.27. The van der Waals surface area contributed by atoms with Gasteiger partial charge in [-0.05, 0) is 30.4 Å². The van der Waals surface area contributed by atoms with Crippen LogP contribution in [0.3, 0.4) is 0 Å². The van der Waals surface area contributed by atoms with E-state index in [1.54, 1.807) is 0 Å². The molecule has 0 fully saturated rings. The first kappa shape index (κ1) is 8.49. The van der Waals surface area contributed by atoms with Crippen LogP contribution in [0.15, 0.2) is 18.2 Å². The van der Waals surface area contributed by atoms with Crippen molar-refractivity contribution in [3.63, 3.8) is 0 Å². The molecule has 76 valence electrons. The van der Waals surface area contributed by atoms with Gasteiger partial charge in [-0.25, -0.2) is 0 Å². The second-order valence-electron chi connectivity index (χ2n) is 3.08. The molecule has 0 saturated heterocycles. The van der Waals surface area contributed by atoms with E-state index in [2.05, 4.69) is 15.2 Å². The molecular weight excluding hydrogens is 214 g/mol. The fourth-order valence-corrected chi connectivity index (χ4v) is 1.59. The van der Waals surface area contributed by atoms with Crippen LogP contribution in [0, 0.1) is 4.77 Å². The highest BCUT2D eigenvalue weighted by Gasteiger charge is 2.14. The lowest BCUT2D eigenvalue weighted by Crippen LogP contribution is -1.92. The molecule has 1 aliphatic heterocycles. The van der Waals surface area contributed by atoms with Crippen LogP contribution in [-0.2, 0) is 0 Å². The molecule has 0 atom stereocenters.